The minimum absolute atomic E-state index is 0.298. The second-order valence-corrected chi connectivity index (χ2v) is 4.65. The van der Waals surface area contributed by atoms with Crippen LogP contribution in [0.2, 0.25) is 0 Å². The van der Waals surface area contributed by atoms with Gasteiger partial charge in [0.1, 0.15) is 12.4 Å². The molecule has 1 fully saturated rings. The van der Waals surface area contributed by atoms with Gasteiger partial charge in [0.05, 0.1) is 3.57 Å². The van der Waals surface area contributed by atoms with Crippen LogP contribution in [0.15, 0.2) is 12.5 Å². The van der Waals surface area contributed by atoms with E-state index < -0.39 is 0 Å². The lowest BCUT2D eigenvalue weighted by molar-refractivity contribution is 0.0639. The standard InChI is InChI=1S/C9H12IN3O/c10-8-4-12-5-13-9(8)14-7-1-6(2-7)3-11/h4-7H,1-3,11H2. The number of aromatic nitrogens is 2. The highest BCUT2D eigenvalue weighted by molar-refractivity contribution is 14.1. The average molecular weight is 305 g/mol. The molecule has 0 saturated heterocycles. The first-order chi connectivity index (χ1) is 6.79. The van der Waals surface area contributed by atoms with Gasteiger partial charge in [0.25, 0.3) is 0 Å². The first-order valence-electron chi connectivity index (χ1n) is 4.62. The zero-order valence-corrected chi connectivity index (χ0v) is 9.85. The molecule has 14 heavy (non-hydrogen) atoms. The molecule has 0 radical (unpaired) electrons. The Morgan fingerprint density at radius 1 is 1.57 bits per heavy atom. The van der Waals surface area contributed by atoms with Crippen molar-refractivity contribution in [3.63, 3.8) is 0 Å². The molecule has 1 aromatic rings. The maximum atomic E-state index is 5.70. The number of hydrogen-bond donors (Lipinski definition) is 1. The number of ether oxygens (including phenoxy) is 1. The van der Waals surface area contributed by atoms with Gasteiger partial charge in [0.15, 0.2) is 0 Å². The van der Waals surface area contributed by atoms with E-state index in [2.05, 4.69) is 32.6 Å². The van der Waals surface area contributed by atoms with Gasteiger partial charge < -0.3 is 10.5 Å². The quantitative estimate of drug-likeness (QED) is 0.852. The Morgan fingerprint density at radius 3 is 3.00 bits per heavy atom. The Kier molecular flexibility index (Phi) is 3.17. The van der Waals surface area contributed by atoms with Crippen molar-refractivity contribution >= 4 is 22.6 Å². The maximum Gasteiger partial charge on any atom is 0.230 e. The summed E-state index contributed by atoms with van der Waals surface area (Å²) in [5.41, 5.74) is 5.54. The maximum absolute atomic E-state index is 5.70. The van der Waals surface area contributed by atoms with E-state index >= 15 is 0 Å². The average Bonchev–Trinajstić information content (AvgIpc) is 2.13. The summed E-state index contributed by atoms with van der Waals surface area (Å²) in [6.07, 6.45) is 5.66. The third kappa shape index (κ3) is 2.14. The van der Waals surface area contributed by atoms with E-state index in [0.717, 1.165) is 23.0 Å². The minimum atomic E-state index is 0.298. The van der Waals surface area contributed by atoms with Crippen LogP contribution in [0, 0.1) is 9.49 Å². The van der Waals surface area contributed by atoms with E-state index in [9.17, 15) is 0 Å². The van der Waals surface area contributed by atoms with Gasteiger partial charge in [-0.05, 0) is 47.9 Å². The van der Waals surface area contributed by atoms with Crippen LogP contribution in [0.4, 0.5) is 0 Å². The molecule has 0 spiro atoms. The van der Waals surface area contributed by atoms with Gasteiger partial charge in [-0.25, -0.2) is 9.97 Å². The van der Waals surface area contributed by atoms with Gasteiger partial charge in [0, 0.05) is 6.20 Å². The highest BCUT2D eigenvalue weighted by atomic mass is 127. The van der Waals surface area contributed by atoms with Crippen molar-refractivity contribution in [3.8, 4) is 5.88 Å². The number of halogens is 1. The molecule has 4 nitrogen and oxygen atoms in total. The minimum Gasteiger partial charge on any atom is -0.474 e. The number of nitrogens with zero attached hydrogens (tertiary/aromatic N) is 2. The van der Waals surface area contributed by atoms with Crippen molar-refractivity contribution < 1.29 is 4.74 Å². The van der Waals surface area contributed by atoms with E-state index in [0.29, 0.717) is 17.9 Å². The molecular formula is C9H12IN3O. The molecule has 5 heteroatoms. The van der Waals surface area contributed by atoms with E-state index in [-0.39, 0.29) is 0 Å². The smallest absolute Gasteiger partial charge is 0.230 e. The molecule has 2 N–H and O–H groups in total. The van der Waals surface area contributed by atoms with E-state index in [1.54, 1.807) is 6.20 Å². The first kappa shape index (κ1) is 10.1. The van der Waals surface area contributed by atoms with E-state index in [4.69, 9.17) is 10.5 Å². The van der Waals surface area contributed by atoms with Crippen molar-refractivity contribution in [2.24, 2.45) is 11.7 Å². The summed E-state index contributed by atoms with van der Waals surface area (Å²) in [6, 6.07) is 0. The summed E-state index contributed by atoms with van der Waals surface area (Å²) in [4.78, 5) is 7.99. The molecule has 1 aliphatic carbocycles. The van der Waals surface area contributed by atoms with Gasteiger partial charge in [-0.15, -0.1) is 0 Å². The van der Waals surface area contributed by atoms with Crippen LogP contribution in [0.1, 0.15) is 12.8 Å². The molecule has 0 unspecified atom stereocenters. The van der Waals surface area contributed by atoms with Gasteiger partial charge >= 0.3 is 0 Å². The third-order valence-corrected chi connectivity index (χ3v) is 3.18. The Balaban J connectivity index is 1.90. The molecule has 1 aliphatic rings. The van der Waals surface area contributed by atoms with Gasteiger partial charge in [-0.3, -0.25) is 0 Å². The molecule has 0 aliphatic heterocycles. The SMILES string of the molecule is NCC1CC(Oc2ncncc2I)C1. The molecule has 1 aromatic heterocycles. The molecular weight excluding hydrogens is 293 g/mol. The summed E-state index contributed by atoms with van der Waals surface area (Å²) >= 11 is 2.17. The summed E-state index contributed by atoms with van der Waals surface area (Å²) in [5.74, 6) is 1.33. The Labute approximate surface area is 96.4 Å². The Hall–Kier alpha value is -0.430. The predicted molar refractivity (Wildman–Crippen MR) is 60.9 cm³/mol. The van der Waals surface area contributed by atoms with Crippen molar-refractivity contribution in [2.45, 2.75) is 18.9 Å². The zero-order valence-electron chi connectivity index (χ0n) is 7.69. The van der Waals surface area contributed by atoms with E-state index in [1.165, 1.54) is 6.33 Å². The fraction of sp³-hybridized carbons (Fsp3) is 0.556. The fourth-order valence-electron chi connectivity index (χ4n) is 1.51. The molecule has 76 valence electrons. The lowest BCUT2D eigenvalue weighted by atomic mass is 9.82. The lowest BCUT2D eigenvalue weighted by Gasteiger charge is -2.34. The van der Waals surface area contributed by atoms with Crippen LogP contribution in [0.25, 0.3) is 0 Å². The number of rotatable bonds is 3. The van der Waals surface area contributed by atoms with Crippen LogP contribution in [-0.2, 0) is 0 Å². The number of nitrogens with two attached hydrogens (primary N) is 1. The monoisotopic (exact) mass is 305 g/mol. The largest absolute Gasteiger partial charge is 0.474 e. The molecule has 1 saturated carbocycles. The molecule has 0 aromatic carbocycles. The lowest BCUT2D eigenvalue weighted by Crippen LogP contribution is -2.38. The summed E-state index contributed by atoms with van der Waals surface area (Å²) in [5, 5.41) is 0. The van der Waals surface area contributed by atoms with Crippen LogP contribution >= 0.6 is 22.6 Å². The fourth-order valence-corrected chi connectivity index (χ4v) is 1.94. The summed E-state index contributed by atoms with van der Waals surface area (Å²) < 4.78 is 6.66. The van der Waals surface area contributed by atoms with Crippen LogP contribution in [-0.4, -0.2) is 22.6 Å². The number of hydrogen-bond acceptors (Lipinski definition) is 4. The summed E-state index contributed by atoms with van der Waals surface area (Å²) in [6.45, 7) is 0.765. The second-order valence-electron chi connectivity index (χ2n) is 3.49. The molecule has 0 atom stereocenters. The van der Waals surface area contributed by atoms with Crippen molar-refractivity contribution in [3.05, 3.63) is 16.1 Å². The molecule has 0 amide bonds. The molecule has 0 bridgehead atoms. The normalized spacial score (nSPS) is 25.6. The Bertz CT molecular complexity index is 315. The van der Waals surface area contributed by atoms with Crippen LogP contribution in [0.5, 0.6) is 5.88 Å². The van der Waals surface area contributed by atoms with Crippen LogP contribution in [0.3, 0.4) is 0 Å². The highest BCUT2D eigenvalue weighted by Crippen LogP contribution is 2.30. The third-order valence-electron chi connectivity index (χ3n) is 2.44. The zero-order chi connectivity index (χ0) is 9.97. The highest BCUT2D eigenvalue weighted by Gasteiger charge is 2.30. The Morgan fingerprint density at radius 2 is 2.36 bits per heavy atom. The molecule has 1 heterocycles. The van der Waals surface area contributed by atoms with Gasteiger partial charge in [0.2, 0.25) is 5.88 Å². The van der Waals surface area contributed by atoms with Crippen molar-refractivity contribution in [2.75, 3.05) is 6.54 Å². The van der Waals surface area contributed by atoms with Crippen LogP contribution < -0.4 is 10.5 Å². The van der Waals surface area contributed by atoms with Crippen molar-refractivity contribution in [1.82, 2.24) is 9.97 Å². The summed E-state index contributed by atoms with van der Waals surface area (Å²) in [7, 11) is 0. The topological polar surface area (TPSA) is 61.0 Å². The first-order valence-corrected chi connectivity index (χ1v) is 5.69. The van der Waals surface area contributed by atoms with Gasteiger partial charge in [-0.1, -0.05) is 0 Å². The second kappa shape index (κ2) is 4.39. The van der Waals surface area contributed by atoms with Crippen molar-refractivity contribution in [1.29, 1.82) is 0 Å². The molecule has 2 rings (SSSR count). The van der Waals surface area contributed by atoms with Gasteiger partial charge in [-0.2, -0.15) is 0 Å². The predicted octanol–water partition coefficient (Wildman–Crippen LogP) is 1.20. The van der Waals surface area contributed by atoms with E-state index in [1.807, 2.05) is 0 Å².